The highest BCUT2D eigenvalue weighted by Gasteiger charge is 2.21. The Balaban J connectivity index is 2.20. The van der Waals surface area contributed by atoms with Crippen LogP contribution >= 0.6 is 0 Å². The van der Waals surface area contributed by atoms with Crippen molar-refractivity contribution in [1.82, 2.24) is 4.98 Å². The molecule has 0 fully saturated rings. The first-order chi connectivity index (χ1) is 10.1. The zero-order valence-electron chi connectivity index (χ0n) is 10.6. The molecule has 3 aromatic rings. The smallest absolute Gasteiger partial charge is 0.196 e. The van der Waals surface area contributed by atoms with Gasteiger partial charge in [-0.1, -0.05) is 18.2 Å². The van der Waals surface area contributed by atoms with Crippen LogP contribution in [0.3, 0.4) is 0 Å². The summed E-state index contributed by atoms with van der Waals surface area (Å²) in [5.74, 6) is -5.19. The van der Waals surface area contributed by atoms with Gasteiger partial charge in [-0.2, -0.15) is 0 Å². The normalized spacial score (nSPS) is 10.8. The molecule has 0 atom stereocenters. The van der Waals surface area contributed by atoms with Crippen LogP contribution in [-0.4, -0.2) is 10.8 Å². The minimum absolute atomic E-state index is 0.186. The van der Waals surface area contributed by atoms with Crippen LogP contribution < -0.4 is 0 Å². The molecule has 2 aromatic carbocycles. The summed E-state index contributed by atoms with van der Waals surface area (Å²) in [6.07, 6.45) is 1.41. The van der Waals surface area contributed by atoms with E-state index in [4.69, 9.17) is 0 Å². The Labute approximate surface area is 117 Å². The molecule has 0 amide bonds. The molecule has 3 rings (SSSR count). The lowest BCUT2D eigenvalue weighted by Crippen LogP contribution is -2.08. The van der Waals surface area contributed by atoms with E-state index in [2.05, 4.69) is 4.98 Å². The topological polar surface area (TPSA) is 30.0 Å². The first-order valence-corrected chi connectivity index (χ1v) is 6.11. The largest absolute Gasteiger partial charge is 0.288 e. The SMILES string of the molecule is O=C(c1ccc(F)c(F)c1F)c1ccnc2ccccc12. The lowest BCUT2D eigenvalue weighted by molar-refractivity contribution is 0.103. The van der Waals surface area contributed by atoms with Gasteiger partial charge < -0.3 is 0 Å². The quantitative estimate of drug-likeness (QED) is 0.529. The molecular weight excluding hydrogens is 279 g/mol. The van der Waals surface area contributed by atoms with E-state index in [1.165, 1.54) is 12.3 Å². The van der Waals surface area contributed by atoms with Gasteiger partial charge in [0.15, 0.2) is 23.2 Å². The van der Waals surface area contributed by atoms with E-state index < -0.39 is 28.8 Å². The van der Waals surface area contributed by atoms with Crippen molar-refractivity contribution in [3.63, 3.8) is 0 Å². The number of hydrogen-bond acceptors (Lipinski definition) is 2. The molecular formula is C16H8F3NO. The molecule has 0 bridgehead atoms. The van der Waals surface area contributed by atoms with E-state index in [1.807, 2.05) is 0 Å². The molecule has 0 aliphatic heterocycles. The van der Waals surface area contributed by atoms with E-state index in [9.17, 15) is 18.0 Å². The van der Waals surface area contributed by atoms with E-state index >= 15 is 0 Å². The molecule has 0 saturated carbocycles. The lowest BCUT2D eigenvalue weighted by Gasteiger charge is -2.07. The van der Waals surface area contributed by atoms with Gasteiger partial charge in [-0.3, -0.25) is 9.78 Å². The number of nitrogens with zero attached hydrogens (tertiary/aromatic N) is 1. The summed E-state index contributed by atoms with van der Waals surface area (Å²) in [5.41, 5.74) is 0.238. The maximum absolute atomic E-state index is 13.7. The van der Waals surface area contributed by atoms with Crippen molar-refractivity contribution < 1.29 is 18.0 Å². The van der Waals surface area contributed by atoms with Crippen LogP contribution in [0.5, 0.6) is 0 Å². The summed E-state index contributed by atoms with van der Waals surface area (Å²) in [7, 11) is 0. The third-order valence-electron chi connectivity index (χ3n) is 3.17. The Bertz CT molecular complexity index is 856. The number of halogens is 3. The van der Waals surface area contributed by atoms with Gasteiger partial charge in [-0.15, -0.1) is 0 Å². The molecule has 21 heavy (non-hydrogen) atoms. The second kappa shape index (κ2) is 5.01. The van der Waals surface area contributed by atoms with Crippen molar-refractivity contribution >= 4 is 16.7 Å². The fourth-order valence-electron chi connectivity index (χ4n) is 2.14. The number of para-hydroxylation sites is 1. The molecule has 1 aromatic heterocycles. The fraction of sp³-hybridized carbons (Fsp3) is 0. The summed E-state index contributed by atoms with van der Waals surface area (Å²) in [6, 6.07) is 9.91. The third-order valence-corrected chi connectivity index (χ3v) is 3.17. The van der Waals surface area contributed by atoms with Gasteiger partial charge in [-0.05, 0) is 24.3 Å². The molecule has 0 saturated heterocycles. The Hall–Kier alpha value is -2.69. The maximum atomic E-state index is 13.7. The summed E-state index contributed by atoms with van der Waals surface area (Å²) < 4.78 is 40.0. The molecule has 104 valence electrons. The Morgan fingerprint density at radius 2 is 1.62 bits per heavy atom. The van der Waals surface area contributed by atoms with Crippen LogP contribution in [-0.2, 0) is 0 Å². The highest BCUT2D eigenvalue weighted by Crippen LogP contribution is 2.23. The van der Waals surface area contributed by atoms with Crippen LogP contribution in [0.2, 0.25) is 0 Å². The minimum atomic E-state index is -1.65. The van der Waals surface area contributed by atoms with E-state index in [1.54, 1.807) is 24.3 Å². The number of fused-ring (bicyclic) bond motifs is 1. The first kappa shape index (κ1) is 13.3. The standard InChI is InChI=1S/C16H8F3NO/c17-12-6-5-11(14(18)15(12)19)16(21)10-7-8-20-13-4-2-1-3-9(10)13/h1-8H. The fourth-order valence-corrected chi connectivity index (χ4v) is 2.14. The highest BCUT2D eigenvalue weighted by molar-refractivity contribution is 6.15. The second-order valence-electron chi connectivity index (χ2n) is 4.43. The summed E-state index contributed by atoms with van der Waals surface area (Å²) in [4.78, 5) is 16.5. The zero-order valence-corrected chi connectivity index (χ0v) is 10.6. The molecule has 0 radical (unpaired) electrons. The van der Waals surface area contributed by atoms with Crippen LogP contribution in [0.4, 0.5) is 13.2 Å². The Morgan fingerprint density at radius 3 is 2.43 bits per heavy atom. The number of carbonyl (C=O) groups is 1. The molecule has 0 spiro atoms. The van der Waals surface area contributed by atoms with Crippen molar-refractivity contribution in [2.75, 3.05) is 0 Å². The van der Waals surface area contributed by atoms with Crippen LogP contribution in [0.15, 0.2) is 48.7 Å². The molecule has 1 heterocycles. The summed E-state index contributed by atoms with van der Waals surface area (Å²) in [5, 5.41) is 0.522. The van der Waals surface area contributed by atoms with E-state index in [0.717, 1.165) is 12.1 Å². The van der Waals surface area contributed by atoms with Crippen LogP contribution in [0.25, 0.3) is 10.9 Å². The molecule has 0 unspecified atom stereocenters. The molecule has 0 aliphatic carbocycles. The number of benzene rings is 2. The third kappa shape index (κ3) is 2.16. The van der Waals surface area contributed by atoms with Gasteiger partial charge >= 0.3 is 0 Å². The van der Waals surface area contributed by atoms with E-state index in [-0.39, 0.29) is 5.56 Å². The highest BCUT2D eigenvalue weighted by atomic mass is 19.2. The zero-order chi connectivity index (χ0) is 15.0. The molecule has 5 heteroatoms. The monoisotopic (exact) mass is 287 g/mol. The first-order valence-electron chi connectivity index (χ1n) is 6.11. The van der Waals surface area contributed by atoms with Crippen molar-refractivity contribution in [2.24, 2.45) is 0 Å². The van der Waals surface area contributed by atoms with Crippen molar-refractivity contribution in [3.05, 3.63) is 77.2 Å². The van der Waals surface area contributed by atoms with Gasteiger partial charge in [0.25, 0.3) is 0 Å². The number of hydrogen-bond donors (Lipinski definition) is 0. The van der Waals surface area contributed by atoms with E-state index in [0.29, 0.717) is 10.9 Å². The van der Waals surface area contributed by atoms with Gasteiger partial charge in [0, 0.05) is 17.1 Å². The average Bonchev–Trinajstić information content (AvgIpc) is 2.51. The van der Waals surface area contributed by atoms with Crippen molar-refractivity contribution in [1.29, 1.82) is 0 Å². The van der Waals surface area contributed by atoms with Gasteiger partial charge in [0.05, 0.1) is 11.1 Å². The Kier molecular flexibility index (Phi) is 3.17. The summed E-state index contributed by atoms with van der Waals surface area (Å²) >= 11 is 0. The minimum Gasteiger partial charge on any atom is -0.288 e. The average molecular weight is 287 g/mol. The van der Waals surface area contributed by atoms with Crippen molar-refractivity contribution in [2.45, 2.75) is 0 Å². The predicted octanol–water partition coefficient (Wildman–Crippen LogP) is 3.88. The molecule has 2 nitrogen and oxygen atoms in total. The lowest BCUT2D eigenvalue weighted by atomic mass is 9.99. The number of aromatic nitrogens is 1. The van der Waals surface area contributed by atoms with Gasteiger partial charge in [0.1, 0.15) is 0 Å². The maximum Gasteiger partial charge on any atom is 0.196 e. The predicted molar refractivity (Wildman–Crippen MR) is 71.5 cm³/mol. The molecule has 0 aliphatic rings. The summed E-state index contributed by atoms with van der Waals surface area (Å²) in [6.45, 7) is 0. The van der Waals surface area contributed by atoms with Gasteiger partial charge in [-0.25, -0.2) is 13.2 Å². The van der Waals surface area contributed by atoms with Gasteiger partial charge in [0.2, 0.25) is 0 Å². The van der Waals surface area contributed by atoms with Crippen molar-refractivity contribution in [3.8, 4) is 0 Å². The van der Waals surface area contributed by atoms with Crippen LogP contribution in [0, 0.1) is 17.5 Å². The second-order valence-corrected chi connectivity index (χ2v) is 4.43. The van der Waals surface area contributed by atoms with Crippen LogP contribution in [0.1, 0.15) is 15.9 Å². The molecule has 0 N–H and O–H groups in total. The number of pyridine rings is 1. The number of ketones is 1. The number of carbonyl (C=O) groups excluding carboxylic acids is 1. The number of rotatable bonds is 2. The Morgan fingerprint density at radius 1 is 0.857 bits per heavy atom.